The van der Waals surface area contributed by atoms with Crippen molar-refractivity contribution in [3.63, 3.8) is 0 Å². The number of hydrogen-bond donors (Lipinski definition) is 3. The zero-order chi connectivity index (χ0) is 18.9. The van der Waals surface area contributed by atoms with E-state index in [1.54, 1.807) is 26.1 Å². The summed E-state index contributed by atoms with van der Waals surface area (Å²) in [5.41, 5.74) is 0.584. The highest BCUT2D eigenvalue weighted by molar-refractivity contribution is 7.89. The number of rotatable bonds is 9. The molecule has 1 aromatic rings. The van der Waals surface area contributed by atoms with Gasteiger partial charge in [0.05, 0.1) is 11.4 Å². The first-order valence-corrected chi connectivity index (χ1v) is 9.63. The number of carbonyl (C=O) groups excluding carboxylic acids is 2. The molecule has 0 atom stereocenters. The topological polar surface area (TPSA) is 108 Å². The van der Waals surface area contributed by atoms with Crippen LogP contribution in [0.4, 0.5) is 10.5 Å². The molecule has 0 saturated carbocycles. The van der Waals surface area contributed by atoms with Gasteiger partial charge in [0, 0.05) is 25.8 Å². The van der Waals surface area contributed by atoms with Crippen molar-refractivity contribution < 1.29 is 18.0 Å². The van der Waals surface area contributed by atoms with Gasteiger partial charge in [-0.1, -0.05) is 13.3 Å². The number of amides is 3. The van der Waals surface area contributed by atoms with Crippen molar-refractivity contribution in [3.8, 4) is 0 Å². The maximum Gasteiger partial charge on any atom is 0.321 e. The quantitative estimate of drug-likeness (QED) is 0.608. The number of nitrogens with one attached hydrogen (secondary N) is 3. The third-order valence-electron chi connectivity index (χ3n) is 3.43. The molecular weight excluding hydrogens is 344 g/mol. The second-order valence-corrected chi connectivity index (χ2v) is 7.51. The van der Waals surface area contributed by atoms with Gasteiger partial charge in [0.15, 0.2) is 0 Å². The molecule has 0 aromatic heterocycles. The number of sulfonamides is 1. The largest absolute Gasteiger partial charge is 0.376 e. The standard InChI is InChI=1S/C16H26N4O4S/c1-4-6-11-20(3)25(23,24)14-9-7-13(8-10-14)18-12-15(21)19-16(22)17-5-2/h7-10,18H,4-6,11-12H2,1-3H3,(H2,17,19,21,22). The van der Waals surface area contributed by atoms with Crippen LogP contribution in [0.1, 0.15) is 26.7 Å². The minimum atomic E-state index is -3.51. The van der Waals surface area contributed by atoms with Crippen LogP contribution < -0.4 is 16.0 Å². The zero-order valence-electron chi connectivity index (χ0n) is 14.8. The Morgan fingerprint density at radius 3 is 2.32 bits per heavy atom. The Balaban J connectivity index is 2.61. The first-order chi connectivity index (χ1) is 11.8. The number of anilines is 1. The maximum atomic E-state index is 12.4. The Morgan fingerprint density at radius 1 is 1.12 bits per heavy atom. The Hall–Kier alpha value is -2.13. The maximum absolute atomic E-state index is 12.4. The summed E-state index contributed by atoms with van der Waals surface area (Å²) in [6, 6.07) is 5.59. The predicted molar refractivity (Wildman–Crippen MR) is 96.9 cm³/mol. The van der Waals surface area contributed by atoms with Crippen molar-refractivity contribution in [1.82, 2.24) is 14.9 Å². The van der Waals surface area contributed by atoms with Crippen molar-refractivity contribution in [3.05, 3.63) is 24.3 Å². The number of imide groups is 1. The molecule has 0 heterocycles. The predicted octanol–water partition coefficient (Wildman–Crippen LogP) is 1.36. The fourth-order valence-corrected chi connectivity index (χ4v) is 3.19. The van der Waals surface area contributed by atoms with E-state index >= 15 is 0 Å². The van der Waals surface area contributed by atoms with Crippen LogP contribution in [0.2, 0.25) is 0 Å². The second-order valence-electron chi connectivity index (χ2n) is 5.47. The number of urea groups is 1. The lowest BCUT2D eigenvalue weighted by Crippen LogP contribution is -2.41. The van der Waals surface area contributed by atoms with Crippen LogP contribution in [0.15, 0.2) is 29.2 Å². The van der Waals surface area contributed by atoms with Gasteiger partial charge in [-0.15, -0.1) is 0 Å². The smallest absolute Gasteiger partial charge is 0.321 e. The van der Waals surface area contributed by atoms with E-state index < -0.39 is 22.0 Å². The fourth-order valence-electron chi connectivity index (χ4n) is 1.98. The van der Waals surface area contributed by atoms with E-state index in [-0.39, 0.29) is 11.4 Å². The third-order valence-corrected chi connectivity index (χ3v) is 5.30. The first kappa shape index (κ1) is 20.9. The SMILES string of the molecule is CCCCN(C)S(=O)(=O)c1ccc(NCC(=O)NC(=O)NCC)cc1. The van der Waals surface area contributed by atoms with Crippen LogP contribution in [0.25, 0.3) is 0 Å². The van der Waals surface area contributed by atoms with E-state index in [0.717, 1.165) is 12.8 Å². The van der Waals surface area contributed by atoms with Gasteiger partial charge in [0.1, 0.15) is 0 Å². The fraction of sp³-hybridized carbons (Fsp3) is 0.500. The van der Waals surface area contributed by atoms with Crippen LogP contribution in [-0.2, 0) is 14.8 Å². The monoisotopic (exact) mass is 370 g/mol. The van der Waals surface area contributed by atoms with Gasteiger partial charge < -0.3 is 10.6 Å². The lowest BCUT2D eigenvalue weighted by molar-refractivity contribution is -0.118. The molecule has 0 aliphatic carbocycles. The third kappa shape index (κ3) is 6.71. The summed E-state index contributed by atoms with van der Waals surface area (Å²) in [4.78, 5) is 23.0. The Labute approximate surface area is 149 Å². The zero-order valence-corrected chi connectivity index (χ0v) is 15.6. The van der Waals surface area contributed by atoms with E-state index in [1.807, 2.05) is 6.92 Å². The molecule has 1 rings (SSSR count). The lowest BCUT2D eigenvalue weighted by Gasteiger charge is -2.17. The van der Waals surface area contributed by atoms with Crippen molar-refractivity contribution in [1.29, 1.82) is 0 Å². The van der Waals surface area contributed by atoms with E-state index in [0.29, 0.717) is 18.8 Å². The summed E-state index contributed by atoms with van der Waals surface area (Å²) in [6.07, 6.45) is 1.72. The number of hydrogen-bond acceptors (Lipinski definition) is 5. The normalized spacial score (nSPS) is 11.2. The second kappa shape index (κ2) is 10.00. The highest BCUT2D eigenvalue weighted by Gasteiger charge is 2.19. The molecule has 0 aliphatic rings. The van der Waals surface area contributed by atoms with Crippen LogP contribution in [-0.4, -0.2) is 51.3 Å². The molecule has 0 saturated heterocycles. The summed E-state index contributed by atoms with van der Waals surface area (Å²) in [5.74, 6) is -0.484. The van der Waals surface area contributed by atoms with Gasteiger partial charge >= 0.3 is 6.03 Å². The molecule has 1 aromatic carbocycles. The molecule has 3 N–H and O–H groups in total. The average Bonchev–Trinajstić information content (AvgIpc) is 2.58. The molecule has 8 nitrogen and oxygen atoms in total. The highest BCUT2D eigenvalue weighted by atomic mass is 32.2. The van der Waals surface area contributed by atoms with Crippen molar-refractivity contribution >= 4 is 27.6 Å². The summed E-state index contributed by atoms with van der Waals surface area (Å²) in [5, 5.41) is 7.45. The molecular formula is C16H26N4O4S. The molecule has 25 heavy (non-hydrogen) atoms. The summed E-state index contributed by atoms with van der Waals surface area (Å²) >= 11 is 0. The summed E-state index contributed by atoms with van der Waals surface area (Å²) < 4.78 is 26.1. The molecule has 0 spiro atoms. The molecule has 0 fully saturated rings. The number of unbranched alkanes of at least 4 members (excludes halogenated alkanes) is 1. The number of benzene rings is 1. The van der Waals surface area contributed by atoms with Crippen LogP contribution in [0.5, 0.6) is 0 Å². The minimum Gasteiger partial charge on any atom is -0.376 e. The number of carbonyl (C=O) groups is 2. The van der Waals surface area contributed by atoms with Gasteiger partial charge in [0.25, 0.3) is 0 Å². The Kier molecular flexibility index (Phi) is 8.36. The van der Waals surface area contributed by atoms with Crippen molar-refractivity contribution in [2.75, 3.05) is 32.0 Å². The van der Waals surface area contributed by atoms with Gasteiger partial charge in [-0.05, 0) is 37.6 Å². The molecule has 0 aliphatic heterocycles. The summed E-state index contributed by atoms with van der Waals surface area (Å²) in [6.45, 7) is 4.55. The molecule has 0 unspecified atom stereocenters. The molecule has 0 radical (unpaired) electrons. The molecule has 0 bridgehead atoms. The summed E-state index contributed by atoms with van der Waals surface area (Å²) in [7, 11) is -1.95. The van der Waals surface area contributed by atoms with Gasteiger partial charge in [-0.2, -0.15) is 0 Å². The van der Waals surface area contributed by atoms with Crippen LogP contribution in [0, 0.1) is 0 Å². The van der Waals surface area contributed by atoms with Gasteiger partial charge in [0.2, 0.25) is 15.9 Å². The minimum absolute atomic E-state index is 0.0976. The number of nitrogens with zero attached hydrogens (tertiary/aromatic N) is 1. The average molecular weight is 370 g/mol. The van der Waals surface area contributed by atoms with Crippen LogP contribution in [0.3, 0.4) is 0 Å². The van der Waals surface area contributed by atoms with Gasteiger partial charge in [-0.3, -0.25) is 10.1 Å². The van der Waals surface area contributed by atoms with E-state index in [2.05, 4.69) is 16.0 Å². The first-order valence-electron chi connectivity index (χ1n) is 8.19. The van der Waals surface area contributed by atoms with E-state index in [9.17, 15) is 18.0 Å². The molecule has 9 heteroatoms. The molecule has 140 valence electrons. The van der Waals surface area contributed by atoms with Gasteiger partial charge in [-0.25, -0.2) is 17.5 Å². The Morgan fingerprint density at radius 2 is 1.76 bits per heavy atom. The van der Waals surface area contributed by atoms with Crippen LogP contribution >= 0.6 is 0 Å². The van der Waals surface area contributed by atoms with Crippen molar-refractivity contribution in [2.45, 2.75) is 31.6 Å². The lowest BCUT2D eigenvalue weighted by atomic mass is 10.3. The highest BCUT2D eigenvalue weighted by Crippen LogP contribution is 2.17. The van der Waals surface area contributed by atoms with E-state index in [4.69, 9.17) is 0 Å². The van der Waals surface area contributed by atoms with E-state index in [1.165, 1.54) is 16.4 Å². The molecule has 3 amide bonds. The Bertz CT molecular complexity index is 674. The van der Waals surface area contributed by atoms with Crippen molar-refractivity contribution in [2.24, 2.45) is 0 Å².